The van der Waals surface area contributed by atoms with Crippen LogP contribution >= 0.6 is 0 Å². The molecule has 16 heavy (non-hydrogen) atoms. The minimum Gasteiger partial charge on any atom is -0.310 e. The van der Waals surface area contributed by atoms with E-state index in [9.17, 15) is 4.39 Å². The average molecular weight is 221 g/mol. The number of nitrogens with one attached hydrogen (secondary N) is 1. The Morgan fingerprint density at radius 1 is 1.44 bits per heavy atom. The van der Waals surface area contributed by atoms with Crippen molar-refractivity contribution >= 4 is 0 Å². The van der Waals surface area contributed by atoms with Gasteiger partial charge >= 0.3 is 0 Å². The van der Waals surface area contributed by atoms with Gasteiger partial charge in [0, 0.05) is 12.6 Å². The van der Waals surface area contributed by atoms with Gasteiger partial charge in [0.1, 0.15) is 5.82 Å². The zero-order valence-electron chi connectivity index (χ0n) is 10.3. The van der Waals surface area contributed by atoms with Crippen molar-refractivity contribution in [2.75, 3.05) is 0 Å². The van der Waals surface area contributed by atoms with Gasteiger partial charge in [0.25, 0.3) is 0 Å². The summed E-state index contributed by atoms with van der Waals surface area (Å²) in [6.45, 7) is 7.31. The maximum absolute atomic E-state index is 13.2. The van der Waals surface area contributed by atoms with Gasteiger partial charge < -0.3 is 5.32 Å². The van der Waals surface area contributed by atoms with Crippen LogP contribution in [0, 0.1) is 18.7 Å². The van der Waals surface area contributed by atoms with Gasteiger partial charge in [-0.2, -0.15) is 0 Å². The minimum atomic E-state index is -0.111. The molecule has 1 nitrogen and oxygen atoms in total. The third kappa shape index (κ3) is 2.43. The summed E-state index contributed by atoms with van der Waals surface area (Å²) in [5.74, 6) is 0.597. The predicted molar refractivity (Wildman–Crippen MR) is 64.9 cm³/mol. The van der Waals surface area contributed by atoms with Crippen LogP contribution < -0.4 is 5.32 Å². The van der Waals surface area contributed by atoms with Crippen molar-refractivity contribution in [2.24, 2.45) is 5.92 Å². The predicted octanol–water partition coefficient (Wildman–Crippen LogP) is 3.19. The van der Waals surface area contributed by atoms with Gasteiger partial charge in [0.2, 0.25) is 0 Å². The van der Waals surface area contributed by atoms with E-state index >= 15 is 0 Å². The molecule has 0 saturated carbocycles. The van der Waals surface area contributed by atoms with Crippen LogP contribution in [0.4, 0.5) is 4.39 Å². The molecule has 2 rings (SSSR count). The van der Waals surface area contributed by atoms with E-state index in [1.807, 2.05) is 6.92 Å². The summed E-state index contributed by atoms with van der Waals surface area (Å²) in [5, 5.41) is 3.49. The van der Waals surface area contributed by atoms with Crippen molar-refractivity contribution < 1.29 is 4.39 Å². The van der Waals surface area contributed by atoms with Crippen LogP contribution in [0.25, 0.3) is 0 Å². The lowest BCUT2D eigenvalue weighted by molar-refractivity contribution is 0.396. The molecule has 0 radical (unpaired) electrons. The zero-order valence-corrected chi connectivity index (χ0v) is 10.3. The highest BCUT2D eigenvalue weighted by molar-refractivity contribution is 5.37. The lowest BCUT2D eigenvalue weighted by Crippen LogP contribution is -2.37. The van der Waals surface area contributed by atoms with Crippen LogP contribution in [0.5, 0.6) is 0 Å². The smallest absolute Gasteiger partial charge is 0.123 e. The fraction of sp³-hybridized carbons (Fsp3) is 0.571. The molecular formula is C14H20FN. The second-order valence-corrected chi connectivity index (χ2v) is 5.27. The van der Waals surface area contributed by atoms with Crippen molar-refractivity contribution in [3.8, 4) is 0 Å². The van der Waals surface area contributed by atoms with E-state index in [0.29, 0.717) is 12.0 Å². The molecule has 0 saturated heterocycles. The van der Waals surface area contributed by atoms with E-state index < -0.39 is 0 Å². The SMILES string of the molecule is Cc1cc(F)cc2c1CC(CC(C)C)NC2. The van der Waals surface area contributed by atoms with Gasteiger partial charge in [-0.15, -0.1) is 0 Å². The number of hydrogen-bond donors (Lipinski definition) is 1. The highest BCUT2D eigenvalue weighted by Crippen LogP contribution is 2.24. The van der Waals surface area contributed by atoms with Crippen molar-refractivity contribution in [1.29, 1.82) is 0 Å². The van der Waals surface area contributed by atoms with Crippen LogP contribution in [0.3, 0.4) is 0 Å². The molecule has 1 unspecified atom stereocenters. The first kappa shape index (κ1) is 11.6. The molecule has 0 bridgehead atoms. The third-order valence-corrected chi connectivity index (χ3v) is 3.32. The summed E-state index contributed by atoms with van der Waals surface area (Å²) >= 11 is 0. The molecule has 0 fully saturated rings. The summed E-state index contributed by atoms with van der Waals surface area (Å²) < 4.78 is 13.2. The van der Waals surface area contributed by atoms with Crippen molar-refractivity contribution in [1.82, 2.24) is 5.32 Å². The van der Waals surface area contributed by atoms with E-state index in [-0.39, 0.29) is 5.82 Å². The summed E-state index contributed by atoms with van der Waals surface area (Å²) in [6, 6.07) is 3.87. The Morgan fingerprint density at radius 3 is 2.88 bits per heavy atom. The fourth-order valence-corrected chi connectivity index (χ4v) is 2.60. The topological polar surface area (TPSA) is 12.0 Å². The quantitative estimate of drug-likeness (QED) is 0.808. The second kappa shape index (κ2) is 4.54. The van der Waals surface area contributed by atoms with Crippen molar-refractivity contribution in [2.45, 2.75) is 46.2 Å². The first-order valence-electron chi connectivity index (χ1n) is 6.07. The molecular weight excluding hydrogens is 201 g/mol. The molecule has 1 aromatic rings. The Labute approximate surface area is 97.1 Å². The second-order valence-electron chi connectivity index (χ2n) is 5.27. The van der Waals surface area contributed by atoms with Gasteiger partial charge in [-0.1, -0.05) is 13.8 Å². The van der Waals surface area contributed by atoms with Crippen LogP contribution in [0.2, 0.25) is 0 Å². The number of aryl methyl sites for hydroxylation is 1. The molecule has 0 aliphatic carbocycles. The van der Waals surface area contributed by atoms with Crippen LogP contribution in [0.15, 0.2) is 12.1 Å². The molecule has 1 aliphatic rings. The largest absolute Gasteiger partial charge is 0.310 e. The monoisotopic (exact) mass is 221 g/mol. The van der Waals surface area contributed by atoms with Crippen molar-refractivity contribution in [3.05, 3.63) is 34.6 Å². The Hall–Kier alpha value is -0.890. The Kier molecular flexibility index (Phi) is 3.29. The molecule has 0 amide bonds. The van der Waals surface area contributed by atoms with Crippen molar-refractivity contribution in [3.63, 3.8) is 0 Å². The Bertz CT molecular complexity index is 385. The van der Waals surface area contributed by atoms with E-state index in [1.54, 1.807) is 12.1 Å². The van der Waals surface area contributed by atoms with Gasteiger partial charge in [0.15, 0.2) is 0 Å². The molecule has 1 atom stereocenters. The summed E-state index contributed by atoms with van der Waals surface area (Å²) in [6.07, 6.45) is 2.23. The molecule has 1 heterocycles. The van der Waals surface area contributed by atoms with Gasteiger partial charge in [0.05, 0.1) is 0 Å². The first-order chi connectivity index (χ1) is 7.56. The summed E-state index contributed by atoms with van der Waals surface area (Å²) in [5.41, 5.74) is 3.59. The average Bonchev–Trinajstić information content (AvgIpc) is 2.18. The van der Waals surface area contributed by atoms with E-state index in [1.165, 1.54) is 12.0 Å². The third-order valence-electron chi connectivity index (χ3n) is 3.32. The highest BCUT2D eigenvalue weighted by atomic mass is 19.1. The highest BCUT2D eigenvalue weighted by Gasteiger charge is 2.20. The summed E-state index contributed by atoms with van der Waals surface area (Å²) in [4.78, 5) is 0. The van der Waals surface area contributed by atoms with E-state index in [4.69, 9.17) is 0 Å². The molecule has 1 aromatic carbocycles. The fourth-order valence-electron chi connectivity index (χ4n) is 2.60. The van der Waals surface area contributed by atoms with Crippen LogP contribution in [-0.4, -0.2) is 6.04 Å². The molecule has 88 valence electrons. The lowest BCUT2D eigenvalue weighted by atomic mass is 9.88. The standard InChI is InChI=1S/C14H20FN/c1-9(2)4-13-7-14-10(3)5-12(15)6-11(14)8-16-13/h5-6,9,13,16H,4,7-8H2,1-3H3. The number of fused-ring (bicyclic) bond motifs is 1. The number of hydrogen-bond acceptors (Lipinski definition) is 1. The maximum atomic E-state index is 13.2. The Balaban J connectivity index is 2.20. The molecule has 0 aromatic heterocycles. The number of rotatable bonds is 2. The Morgan fingerprint density at radius 2 is 2.19 bits per heavy atom. The number of benzene rings is 1. The zero-order chi connectivity index (χ0) is 11.7. The minimum absolute atomic E-state index is 0.111. The van der Waals surface area contributed by atoms with Crippen LogP contribution in [-0.2, 0) is 13.0 Å². The maximum Gasteiger partial charge on any atom is 0.123 e. The molecule has 1 N–H and O–H groups in total. The van der Waals surface area contributed by atoms with Gasteiger partial charge in [-0.05, 0) is 54.5 Å². The first-order valence-corrected chi connectivity index (χ1v) is 6.07. The normalized spacial score (nSPS) is 19.9. The van der Waals surface area contributed by atoms with Gasteiger partial charge in [-0.25, -0.2) is 4.39 Å². The van der Waals surface area contributed by atoms with E-state index in [2.05, 4.69) is 19.2 Å². The van der Waals surface area contributed by atoms with Gasteiger partial charge in [-0.3, -0.25) is 0 Å². The molecule has 0 spiro atoms. The molecule has 1 aliphatic heterocycles. The van der Waals surface area contributed by atoms with Crippen LogP contribution in [0.1, 0.15) is 37.0 Å². The van der Waals surface area contributed by atoms with E-state index in [0.717, 1.165) is 24.1 Å². The lowest BCUT2D eigenvalue weighted by Gasteiger charge is -2.28. The number of halogens is 1. The summed E-state index contributed by atoms with van der Waals surface area (Å²) in [7, 11) is 0. The molecule has 2 heteroatoms.